The van der Waals surface area contributed by atoms with Crippen molar-refractivity contribution in [2.24, 2.45) is 0 Å². The van der Waals surface area contributed by atoms with E-state index >= 15 is 0 Å². The third-order valence-electron chi connectivity index (χ3n) is 2.71. The Morgan fingerprint density at radius 3 is 3.00 bits per heavy atom. The fourth-order valence-corrected chi connectivity index (χ4v) is 1.98. The second kappa shape index (κ2) is 3.17. The zero-order valence-electron chi connectivity index (χ0n) is 8.82. The Hall–Kier alpha value is -2.16. The molecule has 16 heavy (non-hydrogen) atoms. The molecule has 0 aliphatic carbocycles. The lowest BCUT2D eigenvalue weighted by molar-refractivity contribution is 1.24. The number of nitrogens with zero attached hydrogens (tertiary/aromatic N) is 1. The number of fused-ring (bicyclic) bond motifs is 3. The molecule has 3 rings (SSSR count). The molecule has 1 aromatic carbocycles. The number of rotatable bonds is 0. The monoisotopic (exact) mass is 210 g/mol. The zero-order chi connectivity index (χ0) is 11.1. The van der Waals surface area contributed by atoms with Crippen LogP contribution in [-0.2, 0) is 0 Å². The maximum Gasteiger partial charge on any atom is 0.189 e. The van der Waals surface area contributed by atoms with Crippen LogP contribution in [0.25, 0.3) is 21.8 Å². The Labute approximate surface area is 91.8 Å². The van der Waals surface area contributed by atoms with Crippen LogP contribution in [0, 0.1) is 6.92 Å². The van der Waals surface area contributed by atoms with Crippen molar-refractivity contribution in [2.75, 3.05) is 0 Å². The van der Waals surface area contributed by atoms with E-state index in [9.17, 15) is 4.79 Å². The van der Waals surface area contributed by atoms with Gasteiger partial charge in [0.05, 0.1) is 11.0 Å². The molecule has 0 bridgehead atoms. The minimum Gasteiger partial charge on any atom is -0.357 e. The predicted molar refractivity (Wildman–Crippen MR) is 64.6 cm³/mol. The van der Waals surface area contributed by atoms with Gasteiger partial charge in [-0.1, -0.05) is 12.1 Å². The average molecular weight is 210 g/mol. The number of aromatic nitrogens is 2. The third kappa shape index (κ3) is 1.21. The molecule has 3 aromatic rings. The van der Waals surface area contributed by atoms with Gasteiger partial charge in [-0.3, -0.25) is 9.78 Å². The minimum absolute atomic E-state index is 0.0406. The van der Waals surface area contributed by atoms with Gasteiger partial charge < -0.3 is 4.98 Å². The lowest BCUT2D eigenvalue weighted by atomic mass is 10.1. The molecule has 2 heterocycles. The van der Waals surface area contributed by atoms with Crippen LogP contribution in [0.5, 0.6) is 0 Å². The fourth-order valence-electron chi connectivity index (χ4n) is 1.98. The minimum atomic E-state index is 0.0406. The standard InChI is InChI=1S/C13H10N2O/c1-8-7-11(16)10-5-4-9-3-2-6-14-12(9)13(10)15-8/h2-7H,1H3,(H,15,16). The van der Waals surface area contributed by atoms with E-state index in [-0.39, 0.29) is 5.43 Å². The summed E-state index contributed by atoms with van der Waals surface area (Å²) in [6.07, 6.45) is 1.74. The third-order valence-corrected chi connectivity index (χ3v) is 2.71. The van der Waals surface area contributed by atoms with Crippen LogP contribution >= 0.6 is 0 Å². The van der Waals surface area contributed by atoms with Crippen molar-refractivity contribution in [1.29, 1.82) is 0 Å². The van der Waals surface area contributed by atoms with E-state index in [2.05, 4.69) is 9.97 Å². The number of hydrogen-bond acceptors (Lipinski definition) is 2. The fraction of sp³-hybridized carbons (Fsp3) is 0.0769. The molecule has 0 fully saturated rings. The number of hydrogen-bond donors (Lipinski definition) is 1. The molecule has 2 aromatic heterocycles. The summed E-state index contributed by atoms with van der Waals surface area (Å²) in [6.45, 7) is 1.88. The molecule has 0 atom stereocenters. The SMILES string of the molecule is Cc1cc(=O)c2ccc3cccnc3c2[nH]1. The topological polar surface area (TPSA) is 45.8 Å². The molecule has 3 nitrogen and oxygen atoms in total. The summed E-state index contributed by atoms with van der Waals surface area (Å²) in [5.41, 5.74) is 2.57. The maximum atomic E-state index is 11.8. The lowest BCUT2D eigenvalue weighted by Crippen LogP contribution is -2.03. The normalized spacial score (nSPS) is 11.1. The first kappa shape index (κ1) is 9.09. The van der Waals surface area contributed by atoms with E-state index in [4.69, 9.17) is 0 Å². The quantitative estimate of drug-likeness (QED) is 0.579. The molecule has 0 aliphatic rings. The largest absolute Gasteiger partial charge is 0.357 e. The first-order valence-corrected chi connectivity index (χ1v) is 5.13. The summed E-state index contributed by atoms with van der Waals surface area (Å²) in [6, 6.07) is 9.26. The van der Waals surface area contributed by atoms with Gasteiger partial charge in [0.1, 0.15) is 0 Å². The first-order chi connectivity index (χ1) is 7.75. The Kier molecular flexibility index (Phi) is 1.80. The number of pyridine rings is 2. The molecule has 78 valence electrons. The highest BCUT2D eigenvalue weighted by Gasteiger charge is 2.04. The summed E-state index contributed by atoms with van der Waals surface area (Å²) in [5.74, 6) is 0. The average Bonchev–Trinajstić information content (AvgIpc) is 2.28. The van der Waals surface area contributed by atoms with Crippen LogP contribution in [0.3, 0.4) is 0 Å². The second-order valence-corrected chi connectivity index (χ2v) is 3.88. The van der Waals surface area contributed by atoms with Crippen LogP contribution in [0.1, 0.15) is 5.69 Å². The highest BCUT2D eigenvalue weighted by atomic mass is 16.1. The molecule has 0 saturated carbocycles. The highest BCUT2D eigenvalue weighted by molar-refractivity contribution is 6.02. The van der Waals surface area contributed by atoms with Crippen LogP contribution < -0.4 is 5.43 Å². The Morgan fingerprint density at radius 2 is 2.12 bits per heavy atom. The number of H-pyrrole nitrogens is 1. The molecule has 0 spiro atoms. The van der Waals surface area contributed by atoms with Crippen LogP contribution in [0.4, 0.5) is 0 Å². The van der Waals surface area contributed by atoms with Crippen molar-refractivity contribution in [3.8, 4) is 0 Å². The summed E-state index contributed by atoms with van der Waals surface area (Å²) in [7, 11) is 0. The van der Waals surface area contributed by atoms with Gasteiger partial charge in [-0.05, 0) is 19.1 Å². The van der Waals surface area contributed by atoms with Gasteiger partial charge in [0.2, 0.25) is 0 Å². The highest BCUT2D eigenvalue weighted by Crippen LogP contribution is 2.19. The molecular weight excluding hydrogens is 200 g/mol. The number of aryl methyl sites for hydroxylation is 1. The predicted octanol–water partition coefficient (Wildman–Crippen LogP) is 2.38. The summed E-state index contributed by atoms with van der Waals surface area (Å²) >= 11 is 0. The summed E-state index contributed by atoms with van der Waals surface area (Å²) < 4.78 is 0. The summed E-state index contributed by atoms with van der Waals surface area (Å²) in [5, 5.41) is 1.73. The van der Waals surface area contributed by atoms with E-state index in [1.165, 1.54) is 0 Å². The van der Waals surface area contributed by atoms with E-state index in [0.717, 1.165) is 22.1 Å². The second-order valence-electron chi connectivity index (χ2n) is 3.88. The van der Waals surface area contributed by atoms with Crippen LogP contribution in [-0.4, -0.2) is 9.97 Å². The number of nitrogens with one attached hydrogen (secondary N) is 1. The zero-order valence-corrected chi connectivity index (χ0v) is 8.82. The van der Waals surface area contributed by atoms with Crippen molar-refractivity contribution in [2.45, 2.75) is 6.92 Å². The first-order valence-electron chi connectivity index (χ1n) is 5.13. The molecule has 0 saturated heterocycles. The Morgan fingerprint density at radius 1 is 1.25 bits per heavy atom. The van der Waals surface area contributed by atoms with Crippen molar-refractivity contribution in [3.63, 3.8) is 0 Å². The van der Waals surface area contributed by atoms with E-state index < -0.39 is 0 Å². The molecule has 0 unspecified atom stereocenters. The van der Waals surface area contributed by atoms with Crippen molar-refractivity contribution in [1.82, 2.24) is 9.97 Å². The van der Waals surface area contributed by atoms with Crippen LogP contribution in [0.15, 0.2) is 41.3 Å². The Balaban J connectivity index is 2.65. The van der Waals surface area contributed by atoms with Crippen molar-refractivity contribution in [3.05, 3.63) is 52.4 Å². The number of aromatic amines is 1. The van der Waals surface area contributed by atoms with Gasteiger partial charge in [-0.15, -0.1) is 0 Å². The van der Waals surface area contributed by atoms with Gasteiger partial charge in [0.15, 0.2) is 5.43 Å². The van der Waals surface area contributed by atoms with Gasteiger partial charge in [0, 0.05) is 28.7 Å². The van der Waals surface area contributed by atoms with Crippen molar-refractivity contribution < 1.29 is 0 Å². The lowest BCUT2D eigenvalue weighted by Gasteiger charge is -2.03. The molecule has 3 heteroatoms. The molecule has 0 amide bonds. The van der Waals surface area contributed by atoms with Gasteiger partial charge in [-0.2, -0.15) is 0 Å². The molecule has 0 radical (unpaired) electrons. The maximum absolute atomic E-state index is 11.8. The Bertz CT molecular complexity index is 744. The van der Waals surface area contributed by atoms with Gasteiger partial charge in [0.25, 0.3) is 0 Å². The van der Waals surface area contributed by atoms with Gasteiger partial charge in [-0.25, -0.2) is 0 Å². The molecule has 0 aliphatic heterocycles. The number of benzene rings is 1. The summed E-state index contributed by atoms with van der Waals surface area (Å²) in [4.78, 5) is 19.3. The van der Waals surface area contributed by atoms with E-state index in [1.807, 2.05) is 31.2 Å². The van der Waals surface area contributed by atoms with Crippen LogP contribution in [0.2, 0.25) is 0 Å². The molecule has 1 N–H and O–H groups in total. The molecular formula is C13H10N2O. The van der Waals surface area contributed by atoms with Crippen molar-refractivity contribution >= 4 is 21.8 Å². The van der Waals surface area contributed by atoms with E-state index in [1.54, 1.807) is 12.3 Å². The van der Waals surface area contributed by atoms with Gasteiger partial charge >= 0.3 is 0 Å². The smallest absolute Gasteiger partial charge is 0.189 e. The van der Waals surface area contributed by atoms with E-state index in [0.29, 0.717) is 5.39 Å².